The molecular weight excluding hydrogens is 290 g/mol. The standard InChI is InChI=1S/C15H18ClN3O2/c16-13-7-2-1-6-12(13)15-17-14(21-18-15)10-19(8-9-20)11-4-3-5-11/h1-2,6-7,11,20H,3-5,8-10H2. The zero-order valence-electron chi connectivity index (χ0n) is 11.7. The van der Waals surface area contributed by atoms with E-state index in [0.29, 0.717) is 35.9 Å². The Balaban J connectivity index is 1.73. The van der Waals surface area contributed by atoms with Gasteiger partial charge in [-0.2, -0.15) is 4.98 Å². The van der Waals surface area contributed by atoms with Crippen molar-refractivity contribution in [3.05, 3.63) is 35.2 Å². The molecule has 1 aromatic carbocycles. The molecule has 1 N–H and O–H groups in total. The van der Waals surface area contributed by atoms with Crippen molar-refractivity contribution in [3.8, 4) is 11.4 Å². The molecule has 0 atom stereocenters. The van der Waals surface area contributed by atoms with Crippen LogP contribution in [-0.4, -0.2) is 39.3 Å². The second kappa shape index (κ2) is 6.56. The first-order chi connectivity index (χ1) is 10.3. The smallest absolute Gasteiger partial charge is 0.241 e. The molecule has 6 heteroatoms. The molecule has 5 nitrogen and oxygen atoms in total. The maximum atomic E-state index is 9.18. The van der Waals surface area contributed by atoms with Crippen LogP contribution in [-0.2, 0) is 6.54 Å². The lowest BCUT2D eigenvalue weighted by molar-refractivity contribution is 0.0838. The number of benzene rings is 1. The van der Waals surface area contributed by atoms with E-state index < -0.39 is 0 Å². The minimum absolute atomic E-state index is 0.141. The van der Waals surface area contributed by atoms with E-state index >= 15 is 0 Å². The van der Waals surface area contributed by atoms with Gasteiger partial charge in [0.2, 0.25) is 11.7 Å². The summed E-state index contributed by atoms with van der Waals surface area (Å²) in [7, 11) is 0. The van der Waals surface area contributed by atoms with Crippen LogP contribution in [0.1, 0.15) is 25.2 Å². The molecule has 1 fully saturated rings. The average molecular weight is 308 g/mol. The highest BCUT2D eigenvalue weighted by molar-refractivity contribution is 6.33. The molecule has 2 aromatic rings. The van der Waals surface area contributed by atoms with E-state index in [2.05, 4.69) is 15.0 Å². The lowest BCUT2D eigenvalue weighted by Crippen LogP contribution is -2.41. The SMILES string of the molecule is OCCN(Cc1nc(-c2ccccc2Cl)no1)C1CCC1. The van der Waals surface area contributed by atoms with E-state index in [-0.39, 0.29) is 6.61 Å². The van der Waals surface area contributed by atoms with Gasteiger partial charge in [0.1, 0.15) is 0 Å². The quantitative estimate of drug-likeness (QED) is 0.889. The number of aromatic nitrogens is 2. The molecule has 1 aliphatic rings. The Bertz CT molecular complexity index is 598. The predicted octanol–water partition coefficient (Wildman–Crippen LogP) is 2.74. The maximum Gasteiger partial charge on any atom is 0.241 e. The van der Waals surface area contributed by atoms with Crippen LogP contribution in [0.25, 0.3) is 11.4 Å². The Labute approximate surface area is 128 Å². The van der Waals surface area contributed by atoms with Gasteiger partial charge >= 0.3 is 0 Å². The van der Waals surface area contributed by atoms with E-state index in [1.54, 1.807) is 6.07 Å². The van der Waals surface area contributed by atoms with Crippen molar-refractivity contribution in [2.75, 3.05) is 13.2 Å². The molecule has 0 aliphatic heterocycles. The van der Waals surface area contributed by atoms with Gasteiger partial charge in [0, 0.05) is 18.2 Å². The lowest BCUT2D eigenvalue weighted by atomic mass is 9.91. The van der Waals surface area contributed by atoms with Crippen molar-refractivity contribution in [1.82, 2.24) is 15.0 Å². The molecule has 0 spiro atoms. The molecular formula is C15H18ClN3O2. The number of hydrogen-bond acceptors (Lipinski definition) is 5. The molecule has 1 aliphatic carbocycles. The molecule has 0 saturated heterocycles. The summed E-state index contributed by atoms with van der Waals surface area (Å²) in [6.45, 7) is 1.35. The summed E-state index contributed by atoms with van der Waals surface area (Å²) >= 11 is 6.14. The van der Waals surface area contributed by atoms with Crippen LogP contribution in [0.15, 0.2) is 28.8 Å². The Morgan fingerprint density at radius 1 is 1.33 bits per heavy atom. The van der Waals surface area contributed by atoms with Crippen LogP contribution in [0.4, 0.5) is 0 Å². The van der Waals surface area contributed by atoms with Gasteiger partial charge in [0.25, 0.3) is 0 Å². The van der Waals surface area contributed by atoms with E-state index in [4.69, 9.17) is 16.1 Å². The number of aliphatic hydroxyl groups is 1. The van der Waals surface area contributed by atoms with Crippen LogP contribution < -0.4 is 0 Å². The van der Waals surface area contributed by atoms with Crippen molar-refractivity contribution in [2.24, 2.45) is 0 Å². The predicted molar refractivity (Wildman–Crippen MR) is 79.9 cm³/mol. The summed E-state index contributed by atoms with van der Waals surface area (Å²) < 4.78 is 5.33. The third kappa shape index (κ3) is 3.26. The van der Waals surface area contributed by atoms with Crippen LogP contribution in [0.2, 0.25) is 5.02 Å². The molecule has 21 heavy (non-hydrogen) atoms. The molecule has 3 rings (SSSR count). The van der Waals surface area contributed by atoms with Gasteiger partial charge in [0.05, 0.1) is 18.2 Å². The van der Waals surface area contributed by atoms with Crippen LogP contribution in [0.5, 0.6) is 0 Å². The van der Waals surface area contributed by atoms with Gasteiger partial charge in [-0.25, -0.2) is 0 Å². The molecule has 1 saturated carbocycles. The second-order valence-electron chi connectivity index (χ2n) is 5.27. The topological polar surface area (TPSA) is 62.4 Å². The van der Waals surface area contributed by atoms with E-state index in [1.165, 1.54) is 19.3 Å². The summed E-state index contributed by atoms with van der Waals surface area (Å²) in [6, 6.07) is 7.96. The van der Waals surface area contributed by atoms with Gasteiger partial charge in [-0.05, 0) is 25.0 Å². The fourth-order valence-electron chi connectivity index (χ4n) is 2.52. The average Bonchev–Trinajstić information content (AvgIpc) is 2.86. The molecule has 1 heterocycles. The number of aliphatic hydroxyl groups excluding tert-OH is 1. The molecule has 0 amide bonds. The zero-order valence-corrected chi connectivity index (χ0v) is 12.5. The minimum Gasteiger partial charge on any atom is -0.395 e. The molecule has 1 aromatic heterocycles. The summed E-state index contributed by atoms with van der Waals surface area (Å²) in [4.78, 5) is 6.62. The fraction of sp³-hybridized carbons (Fsp3) is 0.467. The van der Waals surface area contributed by atoms with Crippen LogP contribution >= 0.6 is 11.6 Å². The Morgan fingerprint density at radius 3 is 2.81 bits per heavy atom. The second-order valence-corrected chi connectivity index (χ2v) is 5.68. The first-order valence-corrected chi connectivity index (χ1v) is 7.58. The Kier molecular flexibility index (Phi) is 4.53. The highest BCUT2D eigenvalue weighted by Gasteiger charge is 2.26. The first-order valence-electron chi connectivity index (χ1n) is 7.20. The monoisotopic (exact) mass is 307 g/mol. The number of halogens is 1. The third-order valence-electron chi connectivity index (χ3n) is 3.90. The largest absolute Gasteiger partial charge is 0.395 e. The van der Waals surface area contributed by atoms with Gasteiger partial charge in [-0.3, -0.25) is 4.90 Å². The van der Waals surface area contributed by atoms with Crippen molar-refractivity contribution in [1.29, 1.82) is 0 Å². The van der Waals surface area contributed by atoms with Gasteiger partial charge in [-0.1, -0.05) is 35.3 Å². The van der Waals surface area contributed by atoms with E-state index in [9.17, 15) is 5.11 Å². The molecule has 112 valence electrons. The van der Waals surface area contributed by atoms with Gasteiger partial charge in [0.15, 0.2) is 0 Å². The highest BCUT2D eigenvalue weighted by atomic mass is 35.5. The zero-order chi connectivity index (χ0) is 14.7. The fourth-order valence-corrected chi connectivity index (χ4v) is 2.74. The lowest BCUT2D eigenvalue weighted by Gasteiger charge is -2.36. The Hall–Kier alpha value is -1.43. The Morgan fingerprint density at radius 2 is 2.14 bits per heavy atom. The van der Waals surface area contributed by atoms with Crippen molar-refractivity contribution in [2.45, 2.75) is 31.8 Å². The van der Waals surface area contributed by atoms with Crippen LogP contribution in [0.3, 0.4) is 0 Å². The van der Waals surface area contributed by atoms with Crippen molar-refractivity contribution in [3.63, 3.8) is 0 Å². The van der Waals surface area contributed by atoms with Crippen LogP contribution in [0, 0.1) is 0 Å². The number of hydrogen-bond donors (Lipinski definition) is 1. The normalized spacial score (nSPS) is 15.4. The summed E-state index contributed by atoms with van der Waals surface area (Å²) in [6.07, 6.45) is 3.60. The van der Waals surface area contributed by atoms with E-state index in [0.717, 1.165) is 5.56 Å². The van der Waals surface area contributed by atoms with E-state index in [1.807, 2.05) is 18.2 Å². The molecule has 0 unspecified atom stereocenters. The first kappa shape index (κ1) is 14.5. The van der Waals surface area contributed by atoms with Gasteiger partial charge in [-0.15, -0.1) is 0 Å². The van der Waals surface area contributed by atoms with Crippen molar-refractivity contribution < 1.29 is 9.63 Å². The maximum absolute atomic E-state index is 9.18. The van der Waals surface area contributed by atoms with Gasteiger partial charge < -0.3 is 9.63 Å². The molecule has 0 radical (unpaired) electrons. The van der Waals surface area contributed by atoms with Crippen molar-refractivity contribution >= 4 is 11.6 Å². The molecule has 0 bridgehead atoms. The summed E-state index contributed by atoms with van der Waals surface area (Å²) in [5.74, 6) is 1.07. The third-order valence-corrected chi connectivity index (χ3v) is 4.23. The number of rotatable bonds is 6. The summed E-state index contributed by atoms with van der Waals surface area (Å²) in [5, 5.41) is 13.8. The highest BCUT2D eigenvalue weighted by Crippen LogP contribution is 2.27. The summed E-state index contributed by atoms with van der Waals surface area (Å²) in [5.41, 5.74) is 0.770. The minimum atomic E-state index is 0.141. The number of nitrogens with zero attached hydrogens (tertiary/aromatic N) is 3.